The third kappa shape index (κ3) is 5.22. The van der Waals surface area contributed by atoms with Crippen LogP contribution in [0.15, 0.2) is 53.8 Å². The van der Waals surface area contributed by atoms with Crippen molar-refractivity contribution in [1.82, 2.24) is 15.6 Å². The van der Waals surface area contributed by atoms with Crippen LogP contribution in [-0.4, -0.2) is 43.2 Å². The molecule has 1 aliphatic rings. The van der Waals surface area contributed by atoms with Gasteiger partial charge in [0.15, 0.2) is 5.96 Å². The number of nitrogens with zero attached hydrogens (tertiary/aromatic N) is 3. The molecule has 1 unspecified atom stereocenters. The lowest BCUT2D eigenvalue weighted by Gasteiger charge is -2.20. The van der Waals surface area contributed by atoms with E-state index in [4.69, 9.17) is 4.99 Å². The Morgan fingerprint density at radius 1 is 1.27 bits per heavy atom. The third-order valence-electron chi connectivity index (χ3n) is 4.67. The van der Waals surface area contributed by atoms with Crippen molar-refractivity contribution in [3.05, 3.63) is 59.9 Å². The lowest BCUT2D eigenvalue weighted by molar-refractivity contribution is 0.649. The average molecular weight is 351 g/mol. The van der Waals surface area contributed by atoms with Crippen LogP contribution in [0.2, 0.25) is 0 Å². The molecule has 2 aromatic rings. The molecule has 2 N–H and O–H groups in total. The van der Waals surface area contributed by atoms with E-state index in [1.54, 1.807) is 6.20 Å². The number of benzene rings is 1. The van der Waals surface area contributed by atoms with Crippen LogP contribution in [0.4, 0.5) is 5.69 Å². The monoisotopic (exact) mass is 351 g/mol. The summed E-state index contributed by atoms with van der Waals surface area (Å²) in [5.41, 5.74) is 3.83. The normalized spacial score (nSPS) is 17.4. The molecule has 5 heteroatoms. The van der Waals surface area contributed by atoms with Crippen molar-refractivity contribution >= 4 is 11.6 Å². The number of aliphatic imine (C=N–C) groups is 1. The number of pyridine rings is 1. The van der Waals surface area contributed by atoms with Crippen LogP contribution in [0.25, 0.3) is 0 Å². The van der Waals surface area contributed by atoms with Crippen molar-refractivity contribution in [1.29, 1.82) is 0 Å². The second kappa shape index (κ2) is 9.22. The predicted octanol–water partition coefficient (Wildman–Crippen LogP) is 2.77. The fourth-order valence-electron chi connectivity index (χ4n) is 3.22. The average Bonchev–Trinajstić information content (AvgIpc) is 3.12. The van der Waals surface area contributed by atoms with E-state index in [9.17, 15) is 0 Å². The molecule has 2 heterocycles. The van der Waals surface area contributed by atoms with E-state index < -0.39 is 0 Å². The molecule has 0 bridgehead atoms. The lowest BCUT2D eigenvalue weighted by atomic mass is 10.2. The SMILES string of the molecule is CCNC(=NCCc1cccnc1)NC1CCN(c2ccc(C)cc2)C1. The number of hydrogen-bond donors (Lipinski definition) is 2. The Morgan fingerprint density at radius 3 is 2.85 bits per heavy atom. The van der Waals surface area contributed by atoms with Crippen LogP contribution in [0, 0.1) is 6.92 Å². The van der Waals surface area contributed by atoms with Gasteiger partial charge >= 0.3 is 0 Å². The van der Waals surface area contributed by atoms with Gasteiger partial charge in [0.25, 0.3) is 0 Å². The minimum atomic E-state index is 0.424. The summed E-state index contributed by atoms with van der Waals surface area (Å²) in [7, 11) is 0. The smallest absolute Gasteiger partial charge is 0.191 e. The molecule has 1 fully saturated rings. The molecule has 138 valence electrons. The summed E-state index contributed by atoms with van der Waals surface area (Å²) in [6, 6.07) is 13.3. The fraction of sp³-hybridized carbons (Fsp3) is 0.429. The van der Waals surface area contributed by atoms with Gasteiger partial charge in [-0.1, -0.05) is 23.8 Å². The number of rotatable bonds is 6. The van der Waals surface area contributed by atoms with E-state index >= 15 is 0 Å². The second-order valence-corrected chi connectivity index (χ2v) is 6.78. The largest absolute Gasteiger partial charge is 0.369 e. The molecule has 1 aromatic heterocycles. The van der Waals surface area contributed by atoms with E-state index in [0.717, 1.165) is 45.0 Å². The molecule has 0 aliphatic carbocycles. The van der Waals surface area contributed by atoms with Crippen molar-refractivity contribution < 1.29 is 0 Å². The van der Waals surface area contributed by atoms with Crippen molar-refractivity contribution in [3.8, 4) is 0 Å². The van der Waals surface area contributed by atoms with E-state index in [0.29, 0.717) is 6.04 Å². The minimum absolute atomic E-state index is 0.424. The van der Waals surface area contributed by atoms with Gasteiger partial charge in [-0.2, -0.15) is 0 Å². The summed E-state index contributed by atoms with van der Waals surface area (Å²) in [6.45, 7) is 7.95. The summed E-state index contributed by atoms with van der Waals surface area (Å²) >= 11 is 0. The van der Waals surface area contributed by atoms with Crippen LogP contribution < -0.4 is 15.5 Å². The van der Waals surface area contributed by atoms with Gasteiger partial charge in [0.05, 0.1) is 0 Å². The fourth-order valence-corrected chi connectivity index (χ4v) is 3.22. The van der Waals surface area contributed by atoms with Gasteiger partial charge in [0.2, 0.25) is 0 Å². The van der Waals surface area contributed by atoms with Crippen LogP contribution in [0.1, 0.15) is 24.5 Å². The Bertz CT molecular complexity index is 696. The Balaban J connectivity index is 1.53. The second-order valence-electron chi connectivity index (χ2n) is 6.78. The summed E-state index contributed by atoms with van der Waals surface area (Å²) in [6.07, 6.45) is 5.75. The van der Waals surface area contributed by atoms with Crippen LogP contribution in [0.5, 0.6) is 0 Å². The van der Waals surface area contributed by atoms with Crippen molar-refractivity contribution in [2.75, 3.05) is 31.1 Å². The standard InChI is InChI=1S/C21H29N5/c1-3-23-21(24-13-10-18-5-4-12-22-15-18)25-19-11-14-26(16-19)20-8-6-17(2)7-9-20/h4-9,12,15,19H,3,10-11,13-14,16H2,1-2H3,(H2,23,24,25). The first kappa shape index (κ1) is 18.2. The highest BCUT2D eigenvalue weighted by Crippen LogP contribution is 2.20. The Hall–Kier alpha value is -2.56. The number of nitrogens with one attached hydrogen (secondary N) is 2. The van der Waals surface area contributed by atoms with Gasteiger partial charge in [-0.3, -0.25) is 9.98 Å². The van der Waals surface area contributed by atoms with Crippen LogP contribution in [-0.2, 0) is 6.42 Å². The summed E-state index contributed by atoms with van der Waals surface area (Å²) in [4.78, 5) is 11.3. The first-order valence-corrected chi connectivity index (χ1v) is 9.50. The zero-order chi connectivity index (χ0) is 18.2. The van der Waals surface area contributed by atoms with Crippen LogP contribution in [0.3, 0.4) is 0 Å². The molecule has 26 heavy (non-hydrogen) atoms. The lowest BCUT2D eigenvalue weighted by Crippen LogP contribution is -2.44. The van der Waals surface area contributed by atoms with Gasteiger partial charge in [-0.15, -0.1) is 0 Å². The Labute approximate surface area is 156 Å². The number of anilines is 1. The molecular formula is C21H29N5. The molecule has 3 rings (SSSR count). The minimum Gasteiger partial charge on any atom is -0.369 e. The van der Waals surface area contributed by atoms with Crippen LogP contribution >= 0.6 is 0 Å². The van der Waals surface area contributed by atoms with Crippen molar-refractivity contribution in [2.24, 2.45) is 4.99 Å². The van der Waals surface area contributed by atoms with E-state index in [-0.39, 0.29) is 0 Å². The molecular weight excluding hydrogens is 322 g/mol. The van der Waals surface area contributed by atoms with E-state index in [2.05, 4.69) is 64.7 Å². The van der Waals surface area contributed by atoms with Crippen molar-refractivity contribution in [3.63, 3.8) is 0 Å². The molecule has 0 amide bonds. The Morgan fingerprint density at radius 2 is 2.12 bits per heavy atom. The number of aryl methyl sites for hydroxylation is 1. The number of aromatic nitrogens is 1. The maximum Gasteiger partial charge on any atom is 0.191 e. The van der Waals surface area contributed by atoms with E-state index in [1.807, 2.05) is 12.3 Å². The predicted molar refractivity (Wildman–Crippen MR) is 109 cm³/mol. The molecule has 0 spiro atoms. The van der Waals surface area contributed by atoms with E-state index in [1.165, 1.54) is 16.8 Å². The maximum atomic E-state index is 4.73. The van der Waals surface area contributed by atoms with Gasteiger partial charge in [-0.05, 0) is 50.5 Å². The zero-order valence-corrected chi connectivity index (χ0v) is 15.8. The topological polar surface area (TPSA) is 52.6 Å². The van der Waals surface area contributed by atoms with Gasteiger partial charge in [0.1, 0.15) is 0 Å². The molecule has 1 aliphatic heterocycles. The summed E-state index contributed by atoms with van der Waals surface area (Å²) in [5.74, 6) is 0.909. The molecule has 0 saturated carbocycles. The first-order chi connectivity index (χ1) is 12.7. The van der Waals surface area contributed by atoms with Gasteiger partial charge in [-0.25, -0.2) is 0 Å². The molecule has 1 saturated heterocycles. The van der Waals surface area contributed by atoms with Gasteiger partial charge < -0.3 is 15.5 Å². The number of guanidine groups is 1. The molecule has 0 radical (unpaired) electrons. The highest BCUT2D eigenvalue weighted by molar-refractivity contribution is 5.80. The highest BCUT2D eigenvalue weighted by atomic mass is 15.2. The number of hydrogen-bond acceptors (Lipinski definition) is 3. The molecule has 1 aromatic carbocycles. The van der Waals surface area contributed by atoms with Gasteiger partial charge in [0, 0.05) is 50.3 Å². The quantitative estimate of drug-likeness (QED) is 0.621. The maximum absolute atomic E-state index is 4.73. The summed E-state index contributed by atoms with van der Waals surface area (Å²) < 4.78 is 0. The first-order valence-electron chi connectivity index (χ1n) is 9.50. The third-order valence-corrected chi connectivity index (χ3v) is 4.67. The van der Waals surface area contributed by atoms with Crippen molar-refractivity contribution in [2.45, 2.75) is 32.7 Å². The Kier molecular flexibility index (Phi) is 6.47. The summed E-state index contributed by atoms with van der Waals surface area (Å²) in [5, 5.41) is 6.96. The highest BCUT2D eigenvalue weighted by Gasteiger charge is 2.23. The molecule has 5 nitrogen and oxygen atoms in total. The molecule has 1 atom stereocenters. The zero-order valence-electron chi connectivity index (χ0n) is 15.8.